The van der Waals surface area contributed by atoms with Crippen LogP contribution in [0.3, 0.4) is 0 Å². The number of aliphatic hydroxyl groups is 3. The van der Waals surface area contributed by atoms with Crippen LogP contribution in [0.2, 0.25) is 0 Å². The van der Waals surface area contributed by atoms with Crippen LogP contribution < -0.4 is 5.32 Å². The van der Waals surface area contributed by atoms with Crippen LogP contribution >= 0.6 is 0 Å². The number of nitrogens with one attached hydrogen (secondary N) is 1. The minimum Gasteiger partial charge on any atom is -0.394 e. The number of rotatable bonds is 56. The van der Waals surface area contributed by atoms with Gasteiger partial charge in [0.15, 0.2) is 0 Å². The van der Waals surface area contributed by atoms with Crippen molar-refractivity contribution in [3.8, 4) is 0 Å². The molecule has 4 N–H and O–H groups in total. The molecule has 3 atom stereocenters. The van der Waals surface area contributed by atoms with E-state index in [-0.39, 0.29) is 6.61 Å². The fraction of sp³-hybridized carbons (Fsp3) is 0.887. The average molecular weight is 943 g/mol. The number of hydrogen-bond acceptors (Lipinski definition) is 4. The monoisotopic (exact) mass is 942 g/mol. The van der Waals surface area contributed by atoms with Gasteiger partial charge in [-0.25, -0.2) is 0 Å². The standard InChI is InChI=1S/C62H119NO4/c1-3-5-7-9-11-13-15-17-19-21-23-25-27-28-29-30-31-32-33-34-35-37-39-41-43-45-47-49-51-53-55-57-61(66)62(67)63-59(58-64)60(65)56-54-52-50-48-46-44-42-40-38-36-26-24-22-20-18-16-14-12-10-8-6-4-2/h38,40,46,48,54,56,59-61,64-66H,3-37,39,41-45,47,49-53,55,57-58H2,1-2H3,(H,63,67)/b40-38+,48-46+,56-54+. The first-order valence-electron chi connectivity index (χ1n) is 30.3. The third-order valence-electron chi connectivity index (χ3n) is 14.2. The Balaban J connectivity index is 3.56. The summed E-state index contributed by atoms with van der Waals surface area (Å²) >= 11 is 0. The Morgan fingerprint density at radius 2 is 0.612 bits per heavy atom. The fourth-order valence-corrected chi connectivity index (χ4v) is 9.52. The molecule has 0 spiro atoms. The number of carbonyl (C=O) groups is 1. The van der Waals surface area contributed by atoms with Crippen LogP contribution in [0.15, 0.2) is 36.5 Å². The van der Waals surface area contributed by atoms with E-state index < -0.39 is 24.2 Å². The highest BCUT2D eigenvalue weighted by Crippen LogP contribution is 2.18. The summed E-state index contributed by atoms with van der Waals surface area (Å²) in [6, 6.07) is -0.820. The number of unbranched alkanes of at least 4 members (excludes halogenated alkanes) is 44. The van der Waals surface area contributed by atoms with Crippen molar-refractivity contribution in [2.45, 2.75) is 347 Å². The first-order chi connectivity index (χ1) is 33.1. The zero-order chi connectivity index (χ0) is 48.6. The van der Waals surface area contributed by atoms with Gasteiger partial charge >= 0.3 is 0 Å². The van der Waals surface area contributed by atoms with E-state index >= 15 is 0 Å². The van der Waals surface area contributed by atoms with Gasteiger partial charge in [0.2, 0.25) is 5.91 Å². The summed E-state index contributed by atoms with van der Waals surface area (Å²) in [7, 11) is 0. The third-order valence-corrected chi connectivity index (χ3v) is 14.2. The summed E-state index contributed by atoms with van der Waals surface area (Å²) in [6.45, 7) is 4.21. The molecule has 0 aromatic carbocycles. The number of allylic oxidation sites excluding steroid dienone is 5. The molecular weight excluding hydrogens is 823 g/mol. The third kappa shape index (κ3) is 52.2. The van der Waals surface area contributed by atoms with E-state index in [0.717, 1.165) is 44.9 Å². The predicted molar refractivity (Wildman–Crippen MR) is 296 cm³/mol. The molecule has 5 nitrogen and oxygen atoms in total. The van der Waals surface area contributed by atoms with Gasteiger partial charge in [0.05, 0.1) is 18.8 Å². The maximum absolute atomic E-state index is 12.6. The van der Waals surface area contributed by atoms with Crippen molar-refractivity contribution in [3.63, 3.8) is 0 Å². The Kier molecular flexibility index (Phi) is 55.9. The Labute approximate surface area is 419 Å². The molecule has 3 unspecified atom stereocenters. The van der Waals surface area contributed by atoms with Crippen molar-refractivity contribution in [2.75, 3.05) is 6.61 Å². The van der Waals surface area contributed by atoms with Crippen molar-refractivity contribution in [3.05, 3.63) is 36.5 Å². The van der Waals surface area contributed by atoms with E-state index in [1.54, 1.807) is 6.08 Å². The molecule has 5 heteroatoms. The molecule has 0 heterocycles. The summed E-state index contributed by atoms with van der Waals surface area (Å²) in [5.41, 5.74) is 0. The molecule has 0 bridgehead atoms. The summed E-state index contributed by atoms with van der Waals surface area (Å²) < 4.78 is 0. The second kappa shape index (κ2) is 57.2. The van der Waals surface area contributed by atoms with Crippen LogP contribution in [0.1, 0.15) is 328 Å². The van der Waals surface area contributed by atoms with Gasteiger partial charge in [-0.1, -0.05) is 320 Å². The zero-order valence-electron chi connectivity index (χ0n) is 45.3. The maximum Gasteiger partial charge on any atom is 0.249 e. The Bertz CT molecular complexity index is 1040. The van der Waals surface area contributed by atoms with Crippen LogP contribution in [0, 0.1) is 0 Å². The second-order valence-corrected chi connectivity index (χ2v) is 20.9. The topological polar surface area (TPSA) is 89.8 Å². The molecule has 0 aromatic rings. The summed E-state index contributed by atoms with van der Waals surface area (Å²) in [6.07, 6.45) is 75.4. The van der Waals surface area contributed by atoms with Crippen molar-refractivity contribution < 1.29 is 20.1 Å². The SMILES string of the molecule is CCCCCCCCCCCCCC/C=C/CC/C=C/CC/C=C/C(O)C(CO)NC(=O)C(O)CCCCCCCCCCCCCCCCCCCCCCCCCCCCCCCCC. The lowest BCUT2D eigenvalue weighted by Gasteiger charge is -2.21. The molecule has 396 valence electrons. The maximum atomic E-state index is 12.6. The van der Waals surface area contributed by atoms with E-state index in [0.29, 0.717) is 6.42 Å². The number of aliphatic hydroxyl groups excluding tert-OH is 3. The van der Waals surface area contributed by atoms with Crippen LogP contribution in [-0.2, 0) is 4.79 Å². The predicted octanol–water partition coefficient (Wildman–Crippen LogP) is 19.0. The highest BCUT2D eigenvalue weighted by molar-refractivity contribution is 5.80. The van der Waals surface area contributed by atoms with Gasteiger partial charge in [0, 0.05) is 0 Å². The molecular formula is C62H119NO4. The lowest BCUT2D eigenvalue weighted by Crippen LogP contribution is -2.48. The number of hydrogen-bond donors (Lipinski definition) is 4. The van der Waals surface area contributed by atoms with E-state index in [4.69, 9.17) is 0 Å². The minimum absolute atomic E-state index is 0.379. The van der Waals surface area contributed by atoms with E-state index in [9.17, 15) is 20.1 Å². The smallest absolute Gasteiger partial charge is 0.249 e. The van der Waals surface area contributed by atoms with Gasteiger partial charge in [-0.05, 0) is 44.9 Å². The van der Waals surface area contributed by atoms with Crippen molar-refractivity contribution in [1.29, 1.82) is 0 Å². The minimum atomic E-state index is -1.11. The van der Waals surface area contributed by atoms with Crippen LogP contribution in [0.25, 0.3) is 0 Å². The van der Waals surface area contributed by atoms with Crippen LogP contribution in [0.5, 0.6) is 0 Å². The molecule has 0 rings (SSSR count). The largest absolute Gasteiger partial charge is 0.394 e. The quantitative estimate of drug-likeness (QED) is 0.0361. The first-order valence-corrected chi connectivity index (χ1v) is 30.3. The molecule has 0 fully saturated rings. The molecule has 0 aromatic heterocycles. The normalized spacial score (nSPS) is 13.4. The van der Waals surface area contributed by atoms with E-state index in [1.165, 1.54) is 263 Å². The molecule has 0 aliphatic carbocycles. The van der Waals surface area contributed by atoms with Crippen LogP contribution in [-0.4, -0.2) is 46.1 Å². The Hall–Kier alpha value is -1.43. The van der Waals surface area contributed by atoms with Gasteiger partial charge in [0.25, 0.3) is 0 Å². The molecule has 0 radical (unpaired) electrons. The van der Waals surface area contributed by atoms with Gasteiger partial charge < -0.3 is 20.6 Å². The van der Waals surface area contributed by atoms with E-state index in [1.807, 2.05) is 6.08 Å². The molecule has 0 saturated carbocycles. The lowest BCUT2D eigenvalue weighted by molar-refractivity contribution is -0.131. The van der Waals surface area contributed by atoms with Crippen molar-refractivity contribution >= 4 is 5.91 Å². The zero-order valence-corrected chi connectivity index (χ0v) is 45.3. The highest BCUT2D eigenvalue weighted by Gasteiger charge is 2.22. The second-order valence-electron chi connectivity index (χ2n) is 20.9. The first kappa shape index (κ1) is 65.6. The van der Waals surface area contributed by atoms with Crippen molar-refractivity contribution in [1.82, 2.24) is 5.32 Å². The summed E-state index contributed by atoms with van der Waals surface area (Å²) in [4.78, 5) is 12.6. The Morgan fingerprint density at radius 1 is 0.358 bits per heavy atom. The van der Waals surface area contributed by atoms with E-state index in [2.05, 4.69) is 43.5 Å². The fourth-order valence-electron chi connectivity index (χ4n) is 9.52. The van der Waals surface area contributed by atoms with Gasteiger partial charge in [0.1, 0.15) is 6.10 Å². The molecule has 67 heavy (non-hydrogen) atoms. The average Bonchev–Trinajstić information content (AvgIpc) is 3.33. The summed E-state index contributed by atoms with van der Waals surface area (Å²) in [5, 5.41) is 33.4. The van der Waals surface area contributed by atoms with Gasteiger partial charge in [-0.2, -0.15) is 0 Å². The molecule has 0 saturated heterocycles. The van der Waals surface area contributed by atoms with Crippen LogP contribution in [0.4, 0.5) is 0 Å². The number of amides is 1. The number of carbonyl (C=O) groups excluding carboxylic acids is 1. The molecule has 1 amide bonds. The van der Waals surface area contributed by atoms with Gasteiger partial charge in [-0.15, -0.1) is 0 Å². The Morgan fingerprint density at radius 3 is 0.910 bits per heavy atom. The van der Waals surface area contributed by atoms with Gasteiger partial charge in [-0.3, -0.25) is 4.79 Å². The molecule has 0 aliphatic rings. The van der Waals surface area contributed by atoms with Crippen molar-refractivity contribution in [2.24, 2.45) is 0 Å². The lowest BCUT2D eigenvalue weighted by atomic mass is 10.0. The summed E-state index contributed by atoms with van der Waals surface area (Å²) in [5.74, 6) is -0.511. The highest BCUT2D eigenvalue weighted by atomic mass is 16.3. The molecule has 0 aliphatic heterocycles.